The third-order valence-corrected chi connectivity index (χ3v) is 3.15. The number of alkyl halides is 2. The first-order valence-electron chi connectivity index (χ1n) is 5.61. The molecule has 3 unspecified atom stereocenters. The number of rotatable bonds is 7. The van der Waals surface area contributed by atoms with Gasteiger partial charge in [0.2, 0.25) is 0 Å². The highest BCUT2D eigenvalue weighted by Gasteiger charge is 2.25. The second-order valence-corrected chi connectivity index (χ2v) is 4.64. The van der Waals surface area contributed by atoms with Gasteiger partial charge in [0, 0.05) is 11.6 Å². The summed E-state index contributed by atoms with van der Waals surface area (Å²) in [6, 6.07) is 3.90. The fourth-order valence-corrected chi connectivity index (χ4v) is 1.77. The van der Waals surface area contributed by atoms with Gasteiger partial charge < -0.3 is 25.2 Å². The maximum atomic E-state index is 9.81. The number of aliphatic hydroxyl groups is 2. The predicted molar refractivity (Wildman–Crippen MR) is 71.9 cm³/mol. The number of halogens is 2. The molecule has 0 aliphatic carbocycles. The van der Waals surface area contributed by atoms with Gasteiger partial charge in [0.15, 0.2) is 0 Å². The predicted octanol–water partition coefficient (Wildman–Crippen LogP) is 1.35. The molecule has 108 valence electrons. The summed E-state index contributed by atoms with van der Waals surface area (Å²) in [4.78, 5) is 0. The SMILES string of the molecule is Oc1ccc(C(OCC(O)CCl)C(O)CCl)c(O)c1. The monoisotopic (exact) mass is 310 g/mol. The number of phenols is 2. The molecule has 19 heavy (non-hydrogen) atoms. The van der Waals surface area contributed by atoms with Crippen LogP contribution in [0.15, 0.2) is 18.2 Å². The highest BCUT2D eigenvalue weighted by molar-refractivity contribution is 6.18. The minimum Gasteiger partial charge on any atom is -0.508 e. The average Bonchev–Trinajstić information content (AvgIpc) is 2.40. The van der Waals surface area contributed by atoms with Crippen LogP contribution in [0.3, 0.4) is 0 Å². The standard InChI is InChI=1S/C12H16Cl2O5/c13-4-8(16)6-19-12(11(18)5-14)9-2-1-7(15)3-10(9)17/h1-3,8,11-12,15-18H,4-6H2. The number of hydrogen-bond donors (Lipinski definition) is 4. The molecular weight excluding hydrogens is 295 g/mol. The van der Waals surface area contributed by atoms with E-state index in [0.717, 1.165) is 6.07 Å². The first kappa shape index (κ1) is 16.3. The van der Waals surface area contributed by atoms with E-state index >= 15 is 0 Å². The van der Waals surface area contributed by atoms with Gasteiger partial charge in [-0.2, -0.15) is 0 Å². The Bertz CT molecular complexity index is 402. The van der Waals surface area contributed by atoms with Gasteiger partial charge >= 0.3 is 0 Å². The van der Waals surface area contributed by atoms with Gasteiger partial charge in [0.05, 0.1) is 30.6 Å². The average molecular weight is 311 g/mol. The fourth-order valence-electron chi connectivity index (χ4n) is 1.52. The van der Waals surface area contributed by atoms with Crippen molar-refractivity contribution in [2.75, 3.05) is 18.4 Å². The van der Waals surface area contributed by atoms with Crippen molar-refractivity contribution in [2.45, 2.75) is 18.3 Å². The smallest absolute Gasteiger partial charge is 0.125 e. The lowest BCUT2D eigenvalue weighted by atomic mass is 10.0. The summed E-state index contributed by atoms with van der Waals surface area (Å²) in [6.07, 6.45) is -2.87. The Morgan fingerprint density at radius 1 is 1.11 bits per heavy atom. The van der Waals surface area contributed by atoms with Crippen molar-refractivity contribution < 1.29 is 25.2 Å². The van der Waals surface area contributed by atoms with Gasteiger partial charge in [-0.1, -0.05) is 0 Å². The summed E-state index contributed by atoms with van der Waals surface area (Å²) in [5.41, 5.74) is 0.271. The molecule has 5 nitrogen and oxygen atoms in total. The van der Waals surface area contributed by atoms with Gasteiger partial charge in [-0.25, -0.2) is 0 Å². The Morgan fingerprint density at radius 2 is 1.79 bits per heavy atom. The van der Waals surface area contributed by atoms with Crippen LogP contribution in [0.1, 0.15) is 11.7 Å². The van der Waals surface area contributed by atoms with E-state index in [0.29, 0.717) is 0 Å². The lowest BCUT2D eigenvalue weighted by molar-refractivity contribution is -0.0580. The topological polar surface area (TPSA) is 90.2 Å². The second-order valence-electron chi connectivity index (χ2n) is 4.03. The van der Waals surface area contributed by atoms with Crippen molar-refractivity contribution in [3.63, 3.8) is 0 Å². The van der Waals surface area contributed by atoms with Crippen molar-refractivity contribution in [3.05, 3.63) is 23.8 Å². The van der Waals surface area contributed by atoms with Gasteiger partial charge in [-0.3, -0.25) is 0 Å². The zero-order valence-electron chi connectivity index (χ0n) is 10.0. The van der Waals surface area contributed by atoms with E-state index in [2.05, 4.69) is 0 Å². The minimum absolute atomic E-state index is 0.00868. The van der Waals surface area contributed by atoms with Crippen LogP contribution >= 0.6 is 23.2 Å². The molecule has 0 aromatic heterocycles. The number of phenolic OH excluding ortho intramolecular Hbond substituents is 2. The Hall–Kier alpha value is -0.720. The number of aromatic hydroxyl groups is 2. The molecule has 1 rings (SSSR count). The van der Waals surface area contributed by atoms with Crippen molar-refractivity contribution >= 4 is 23.2 Å². The molecule has 0 fully saturated rings. The Labute approximate surface area is 121 Å². The molecule has 0 amide bonds. The second kappa shape index (κ2) is 7.77. The lowest BCUT2D eigenvalue weighted by Gasteiger charge is -2.24. The van der Waals surface area contributed by atoms with Gasteiger partial charge in [-0.05, 0) is 12.1 Å². The maximum absolute atomic E-state index is 9.81. The number of hydrogen-bond acceptors (Lipinski definition) is 5. The molecule has 4 N–H and O–H groups in total. The highest BCUT2D eigenvalue weighted by Crippen LogP contribution is 2.32. The summed E-state index contributed by atoms with van der Waals surface area (Å²) >= 11 is 11.0. The number of aliphatic hydroxyl groups excluding tert-OH is 2. The normalized spacial score (nSPS) is 16.0. The van der Waals surface area contributed by atoms with Crippen molar-refractivity contribution in [1.29, 1.82) is 0 Å². The van der Waals surface area contributed by atoms with Crippen molar-refractivity contribution in [1.82, 2.24) is 0 Å². The first-order chi connectivity index (χ1) is 8.99. The fraction of sp³-hybridized carbons (Fsp3) is 0.500. The van der Waals surface area contributed by atoms with E-state index in [-0.39, 0.29) is 35.4 Å². The largest absolute Gasteiger partial charge is 0.508 e. The molecule has 0 spiro atoms. The Morgan fingerprint density at radius 3 is 2.32 bits per heavy atom. The van der Waals surface area contributed by atoms with Crippen molar-refractivity contribution in [2.24, 2.45) is 0 Å². The van der Waals surface area contributed by atoms with E-state index in [1.165, 1.54) is 12.1 Å². The summed E-state index contributed by atoms with van der Waals surface area (Å²) < 4.78 is 5.34. The molecule has 0 saturated carbocycles. The molecule has 3 atom stereocenters. The third kappa shape index (κ3) is 4.71. The summed E-state index contributed by atoms with van der Waals surface area (Å²) in [5.74, 6) is -0.455. The molecule has 1 aromatic rings. The van der Waals surface area contributed by atoms with E-state index in [1.807, 2.05) is 0 Å². The van der Waals surface area contributed by atoms with E-state index in [9.17, 15) is 20.4 Å². The molecule has 0 radical (unpaired) electrons. The molecular formula is C12H16Cl2O5. The highest BCUT2D eigenvalue weighted by atomic mass is 35.5. The van der Waals surface area contributed by atoms with Gasteiger partial charge in [-0.15, -0.1) is 23.2 Å². The van der Waals surface area contributed by atoms with Crippen LogP contribution < -0.4 is 0 Å². The maximum Gasteiger partial charge on any atom is 0.125 e. The quantitative estimate of drug-likeness (QED) is 0.571. The molecule has 1 aromatic carbocycles. The summed E-state index contributed by atoms with van der Waals surface area (Å²) in [7, 11) is 0. The Balaban J connectivity index is 2.89. The molecule has 0 bridgehead atoms. The van der Waals surface area contributed by atoms with Crippen LogP contribution in [0.5, 0.6) is 11.5 Å². The molecule has 0 aliphatic rings. The van der Waals surface area contributed by atoms with E-state index in [4.69, 9.17) is 27.9 Å². The first-order valence-corrected chi connectivity index (χ1v) is 6.68. The molecule has 0 saturated heterocycles. The van der Waals surface area contributed by atoms with Crippen LogP contribution in [0, 0.1) is 0 Å². The lowest BCUT2D eigenvalue weighted by Crippen LogP contribution is -2.27. The minimum atomic E-state index is -1.07. The van der Waals surface area contributed by atoms with Crippen LogP contribution in [0.4, 0.5) is 0 Å². The van der Waals surface area contributed by atoms with Crippen LogP contribution in [-0.4, -0.2) is 51.0 Å². The van der Waals surface area contributed by atoms with Crippen LogP contribution in [0.2, 0.25) is 0 Å². The third-order valence-electron chi connectivity index (χ3n) is 2.47. The van der Waals surface area contributed by atoms with Crippen molar-refractivity contribution in [3.8, 4) is 11.5 Å². The number of ether oxygens (including phenoxy) is 1. The zero-order valence-corrected chi connectivity index (χ0v) is 11.6. The molecule has 0 heterocycles. The van der Waals surface area contributed by atoms with E-state index in [1.54, 1.807) is 0 Å². The zero-order chi connectivity index (χ0) is 14.4. The summed E-state index contributed by atoms with van der Waals surface area (Å²) in [6.45, 7) is -0.109. The van der Waals surface area contributed by atoms with Gasteiger partial charge in [0.1, 0.15) is 17.6 Å². The Kier molecular flexibility index (Phi) is 6.68. The molecule has 7 heteroatoms. The number of benzene rings is 1. The molecule has 0 aliphatic heterocycles. The van der Waals surface area contributed by atoms with E-state index < -0.39 is 18.3 Å². The van der Waals surface area contributed by atoms with Crippen LogP contribution in [0.25, 0.3) is 0 Å². The summed E-state index contributed by atoms with van der Waals surface area (Å²) in [5, 5.41) is 38.1. The van der Waals surface area contributed by atoms with Gasteiger partial charge in [0.25, 0.3) is 0 Å². The van der Waals surface area contributed by atoms with Crippen LogP contribution in [-0.2, 0) is 4.74 Å².